The van der Waals surface area contributed by atoms with E-state index in [4.69, 9.17) is 0 Å². The Morgan fingerprint density at radius 2 is 1.72 bits per heavy atom. The number of hydrogen-bond acceptors (Lipinski definition) is 4. The molecule has 1 aliphatic rings. The summed E-state index contributed by atoms with van der Waals surface area (Å²) in [6, 6.07) is 16.9. The number of hydrogen-bond donors (Lipinski definition) is 1. The molecule has 0 aliphatic carbocycles. The summed E-state index contributed by atoms with van der Waals surface area (Å²) in [6.45, 7) is 4.16. The second-order valence-electron chi connectivity index (χ2n) is 7.06. The first-order valence-corrected chi connectivity index (χ1v) is 12.0. The smallest absolute Gasteiger partial charge is 0.240 e. The van der Waals surface area contributed by atoms with E-state index in [-0.39, 0.29) is 23.8 Å². The third-order valence-corrected chi connectivity index (χ3v) is 6.97. The van der Waals surface area contributed by atoms with Crippen molar-refractivity contribution in [2.45, 2.75) is 17.7 Å². The highest BCUT2D eigenvalue weighted by Gasteiger charge is 2.21. The van der Waals surface area contributed by atoms with E-state index in [2.05, 4.69) is 49.8 Å². The fourth-order valence-corrected chi connectivity index (χ4v) is 4.95. The van der Waals surface area contributed by atoms with Crippen LogP contribution in [0.4, 0.5) is 0 Å². The van der Waals surface area contributed by atoms with Gasteiger partial charge in [-0.15, -0.1) is 0 Å². The van der Waals surface area contributed by atoms with Crippen LogP contribution in [0.3, 0.4) is 0 Å². The Hall–Kier alpha value is -1.74. The van der Waals surface area contributed by atoms with E-state index in [0.29, 0.717) is 17.6 Å². The predicted molar refractivity (Wildman–Crippen MR) is 117 cm³/mol. The first-order chi connectivity index (χ1) is 13.9. The predicted octanol–water partition coefficient (Wildman–Crippen LogP) is 2.50. The van der Waals surface area contributed by atoms with Crippen LogP contribution in [0, 0.1) is 0 Å². The van der Waals surface area contributed by atoms with Gasteiger partial charge in [-0.25, -0.2) is 13.1 Å². The minimum absolute atomic E-state index is 0.00958. The van der Waals surface area contributed by atoms with Gasteiger partial charge < -0.3 is 4.90 Å². The standard InChI is InChI=1S/C21H26BrN3O3S/c22-19-7-4-8-20(17-19)29(27,28)23-11-9-21(26)25-15-13-24(14-16-25)12-10-18-5-2-1-3-6-18/h1-8,17,23H,9-16H2. The van der Waals surface area contributed by atoms with Crippen LogP contribution in [0.15, 0.2) is 64.0 Å². The second-order valence-corrected chi connectivity index (χ2v) is 9.75. The van der Waals surface area contributed by atoms with Gasteiger partial charge in [0.25, 0.3) is 0 Å². The summed E-state index contributed by atoms with van der Waals surface area (Å²) in [5, 5.41) is 0. The molecule has 2 aromatic rings. The zero-order valence-electron chi connectivity index (χ0n) is 16.3. The molecule has 3 rings (SSSR count). The van der Waals surface area contributed by atoms with Gasteiger partial charge >= 0.3 is 0 Å². The van der Waals surface area contributed by atoms with Crippen LogP contribution in [0.1, 0.15) is 12.0 Å². The highest BCUT2D eigenvalue weighted by Crippen LogP contribution is 2.16. The first kappa shape index (κ1) is 22.0. The molecule has 8 heteroatoms. The number of rotatable bonds is 8. The monoisotopic (exact) mass is 479 g/mol. The van der Waals surface area contributed by atoms with Crippen molar-refractivity contribution in [3.63, 3.8) is 0 Å². The van der Waals surface area contributed by atoms with Crippen LogP contribution < -0.4 is 4.72 Å². The van der Waals surface area contributed by atoms with Crippen LogP contribution >= 0.6 is 15.9 Å². The van der Waals surface area contributed by atoms with Gasteiger partial charge in [-0.1, -0.05) is 52.3 Å². The summed E-state index contributed by atoms with van der Waals surface area (Å²) in [7, 11) is -3.61. The zero-order valence-corrected chi connectivity index (χ0v) is 18.7. The maximum atomic E-state index is 12.4. The molecule has 156 valence electrons. The Kier molecular flexibility index (Phi) is 7.83. The Morgan fingerprint density at radius 1 is 1.00 bits per heavy atom. The summed E-state index contributed by atoms with van der Waals surface area (Å²) in [5.74, 6) is -0.00958. The van der Waals surface area contributed by atoms with Crippen LogP contribution in [-0.4, -0.2) is 63.4 Å². The van der Waals surface area contributed by atoms with Gasteiger partial charge in [0.1, 0.15) is 0 Å². The highest BCUT2D eigenvalue weighted by atomic mass is 79.9. The zero-order chi connectivity index (χ0) is 20.7. The average molecular weight is 480 g/mol. The first-order valence-electron chi connectivity index (χ1n) is 9.73. The fourth-order valence-electron chi connectivity index (χ4n) is 3.32. The molecule has 1 aliphatic heterocycles. The molecule has 0 bridgehead atoms. The number of piperazine rings is 1. The molecule has 6 nitrogen and oxygen atoms in total. The molecule has 2 aromatic carbocycles. The molecule has 0 radical (unpaired) electrons. The molecule has 1 heterocycles. The number of nitrogens with zero attached hydrogens (tertiary/aromatic N) is 2. The van der Waals surface area contributed by atoms with E-state index in [0.717, 1.165) is 26.1 Å². The minimum atomic E-state index is -3.61. The van der Waals surface area contributed by atoms with E-state index in [9.17, 15) is 13.2 Å². The number of nitrogens with one attached hydrogen (secondary N) is 1. The maximum Gasteiger partial charge on any atom is 0.240 e. The summed E-state index contributed by atoms with van der Waals surface area (Å²) >= 11 is 3.27. The normalized spacial score (nSPS) is 15.4. The van der Waals surface area contributed by atoms with E-state index >= 15 is 0 Å². The van der Waals surface area contributed by atoms with Crippen molar-refractivity contribution in [3.05, 3.63) is 64.6 Å². The van der Waals surface area contributed by atoms with Crippen LogP contribution in [0.5, 0.6) is 0 Å². The van der Waals surface area contributed by atoms with E-state index in [1.807, 2.05) is 11.0 Å². The molecule has 1 fully saturated rings. The number of benzene rings is 2. The molecular formula is C21H26BrN3O3S. The second kappa shape index (κ2) is 10.3. The maximum absolute atomic E-state index is 12.4. The van der Waals surface area contributed by atoms with Crippen LogP contribution in [0.2, 0.25) is 0 Å². The quantitative estimate of drug-likeness (QED) is 0.631. The molecule has 0 spiro atoms. The third kappa shape index (κ3) is 6.64. The lowest BCUT2D eigenvalue weighted by molar-refractivity contribution is -0.132. The van der Waals surface area contributed by atoms with E-state index in [1.54, 1.807) is 18.2 Å². The number of sulfonamides is 1. The third-order valence-electron chi connectivity index (χ3n) is 5.02. The minimum Gasteiger partial charge on any atom is -0.340 e. The lowest BCUT2D eigenvalue weighted by atomic mass is 10.1. The average Bonchev–Trinajstić information content (AvgIpc) is 2.73. The van der Waals surface area contributed by atoms with Gasteiger partial charge in [-0.05, 0) is 30.2 Å². The summed E-state index contributed by atoms with van der Waals surface area (Å²) < 4.78 is 27.8. The van der Waals surface area contributed by atoms with Crippen LogP contribution in [-0.2, 0) is 21.2 Å². The van der Waals surface area contributed by atoms with Gasteiger partial charge in [0.05, 0.1) is 4.90 Å². The molecule has 29 heavy (non-hydrogen) atoms. The Labute approximate surface area is 181 Å². The molecule has 1 amide bonds. The SMILES string of the molecule is O=C(CCNS(=O)(=O)c1cccc(Br)c1)N1CCN(CCc2ccccc2)CC1. The molecule has 1 saturated heterocycles. The number of amides is 1. The lowest BCUT2D eigenvalue weighted by Gasteiger charge is -2.34. The molecule has 0 unspecified atom stereocenters. The van der Waals surface area contributed by atoms with Crippen molar-refractivity contribution in [1.82, 2.24) is 14.5 Å². The summed E-state index contributed by atoms with van der Waals surface area (Å²) in [5.41, 5.74) is 1.32. The highest BCUT2D eigenvalue weighted by molar-refractivity contribution is 9.10. The van der Waals surface area contributed by atoms with Gasteiger partial charge in [0.15, 0.2) is 0 Å². The van der Waals surface area contributed by atoms with E-state index < -0.39 is 10.0 Å². The van der Waals surface area contributed by atoms with Gasteiger partial charge in [0, 0.05) is 50.2 Å². The van der Waals surface area contributed by atoms with Gasteiger partial charge in [0.2, 0.25) is 15.9 Å². The molecule has 0 aromatic heterocycles. The number of halogens is 1. The molecule has 0 saturated carbocycles. The molecule has 0 atom stereocenters. The number of carbonyl (C=O) groups excluding carboxylic acids is 1. The summed E-state index contributed by atoms with van der Waals surface area (Å²) in [6.07, 6.45) is 1.17. The van der Waals surface area contributed by atoms with Crippen molar-refractivity contribution in [2.24, 2.45) is 0 Å². The van der Waals surface area contributed by atoms with Crippen molar-refractivity contribution in [2.75, 3.05) is 39.3 Å². The van der Waals surface area contributed by atoms with Gasteiger partial charge in [-0.3, -0.25) is 9.69 Å². The Balaban J connectivity index is 1.38. The molecule has 1 N–H and O–H groups in total. The van der Waals surface area contributed by atoms with E-state index in [1.165, 1.54) is 11.6 Å². The molecular weight excluding hydrogens is 454 g/mol. The Bertz CT molecular complexity index is 914. The fraction of sp³-hybridized carbons (Fsp3) is 0.381. The van der Waals surface area contributed by atoms with Gasteiger partial charge in [-0.2, -0.15) is 0 Å². The van der Waals surface area contributed by atoms with Crippen molar-refractivity contribution in [3.8, 4) is 0 Å². The largest absolute Gasteiger partial charge is 0.340 e. The Morgan fingerprint density at radius 3 is 2.41 bits per heavy atom. The number of carbonyl (C=O) groups is 1. The lowest BCUT2D eigenvalue weighted by Crippen LogP contribution is -2.49. The van der Waals surface area contributed by atoms with Crippen molar-refractivity contribution in [1.29, 1.82) is 0 Å². The van der Waals surface area contributed by atoms with Crippen molar-refractivity contribution >= 4 is 31.9 Å². The summed E-state index contributed by atoms with van der Waals surface area (Å²) in [4.78, 5) is 16.8. The topological polar surface area (TPSA) is 69.7 Å². The van der Waals surface area contributed by atoms with Crippen LogP contribution in [0.25, 0.3) is 0 Å². The van der Waals surface area contributed by atoms with Crippen molar-refractivity contribution < 1.29 is 13.2 Å².